The number of hydrogen-bond donors (Lipinski definition) is 1. The van der Waals surface area contributed by atoms with Crippen molar-refractivity contribution in [3.8, 4) is 0 Å². The zero-order valence-electron chi connectivity index (χ0n) is 11.2. The highest BCUT2D eigenvalue weighted by molar-refractivity contribution is 4.86. The molecule has 1 heterocycles. The summed E-state index contributed by atoms with van der Waals surface area (Å²) in [5, 5.41) is 0. The Bertz CT molecular complexity index is 222. The number of hydrogen-bond acceptors (Lipinski definition) is 3. The van der Waals surface area contributed by atoms with Crippen molar-refractivity contribution in [2.24, 2.45) is 11.7 Å². The largest absolute Gasteiger partial charge is 0.377 e. The Morgan fingerprint density at radius 3 is 2.82 bits per heavy atom. The molecule has 0 bridgehead atoms. The third-order valence-electron chi connectivity index (χ3n) is 4.48. The van der Waals surface area contributed by atoms with E-state index < -0.39 is 0 Å². The summed E-state index contributed by atoms with van der Waals surface area (Å²) in [6.45, 7) is 6.36. The highest BCUT2D eigenvalue weighted by Gasteiger charge is 2.31. The number of nitrogens with zero attached hydrogens (tertiary/aromatic N) is 1. The van der Waals surface area contributed by atoms with Crippen LogP contribution >= 0.6 is 0 Å². The van der Waals surface area contributed by atoms with E-state index in [1.165, 1.54) is 38.6 Å². The fourth-order valence-corrected chi connectivity index (χ4v) is 3.42. The fraction of sp³-hybridized carbons (Fsp3) is 1.00. The quantitative estimate of drug-likeness (QED) is 0.820. The van der Waals surface area contributed by atoms with Crippen molar-refractivity contribution < 1.29 is 4.74 Å². The van der Waals surface area contributed by atoms with Gasteiger partial charge in [-0.25, -0.2) is 0 Å². The summed E-state index contributed by atoms with van der Waals surface area (Å²) in [6.07, 6.45) is 8.20. The number of rotatable bonds is 3. The van der Waals surface area contributed by atoms with E-state index in [0.29, 0.717) is 6.10 Å². The zero-order valence-corrected chi connectivity index (χ0v) is 11.2. The first-order chi connectivity index (χ1) is 8.35. The van der Waals surface area contributed by atoms with Crippen LogP contribution in [0.3, 0.4) is 0 Å². The van der Waals surface area contributed by atoms with E-state index in [2.05, 4.69) is 11.8 Å². The first-order valence-corrected chi connectivity index (χ1v) is 7.40. The Kier molecular flexibility index (Phi) is 5.26. The maximum Gasteiger partial charge on any atom is 0.0699 e. The van der Waals surface area contributed by atoms with Gasteiger partial charge in [-0.2, -0.15) is 0 Å². The molecule has 1 saturated heterocycles. The van der Waals surface area contributed by atoms with Gasteiger partial charge in [-0.3, -0.25) is 4.90 Å². The molecule has 0 spiro atoms. The molecular formula is C14H28N2O. The fourth-order valence-electron chi connectivity index (χ4n) is 3.42. The van der Waals surface area contributed by atoms with E-state index in [-0.39, 0.29) is 0 Å². The first-order valence-electron chi connectivity index (χ1n) is 7.40. The summed E-state index contributed by atoms with van der Waals surface area (Å²) in [4.78, 5) is 2.68. The summed E-state index contributed by atoms with van der Waals surface area (Å²) in [7, 11) is 0. The van der Waals surface area contributed by atoms with E-state index >= 15 is 0 Å². The van der Waals surface area contributed by atoms with Crippen LogP contribution in [0.2, 0.25) is 0 Å². The van der Waals surface area contributed by atoms with Gasteiger partial charge in [-0.05, 0) is 38.1 Å². The first kappa shape index (κ1) is 13.3. The van der Waals surface area contributed by atoms with E-state index in [4.69, 9.17) is 10.5 Å². The minimum atomic E-state index is 0.442. The molecule has 3 atom stereocenters. The van der Waals surface area contributed by atoms with Crippen molar-refractivity contribution in [3.05, 3.63) is 0 Å². The highest BCUT2D eigenvalue weighted by Crippen LogP contribution is 2.29. The predicted octanol–water partition coefficient (Wildman–Crippen LogP) is 2.00. The monoisotopic (exact) mass is 240 g/mol. The minimum Gasteiger partial charge on any atom is -0.377 e. The van der Waals surface area contributed by atoms with Gasteiger partial charge in [0.25, 0.3) is 0 Å². The third kappa shape index (κ3) is 3.43. The van der Waals surface area contributed by atoms with Gasteiger partial charge in [0.2, 0.25) is 0 Å². The van der Waals surface area contributed by atoms with Crippen molar-refractivity contribution >= 4 is 0 Å². The molecule has 3 nitrogen and oxygen atoms in total. The molecule has 100 valence electrons. The molecule has 17 heavy (non-hydrogen) atoms. The smallest absolute Gasteiger partial charge is 0.0699 e. The maximum absolute atomic E-state index is 5.95. The average Bonchev–Trinajstić information content (AvgIpc) is 2.64. The Hall–Kier alpha value is -0.120. The summed E-state index contributed by atoms with van der Waals surface area (Å²) >= 11 is 0. The predicted molar refractivity (Wildman–Crippen MR) is 71.0 cm³/mol. The molecule has 0 aromatic carbocycles. The summed E-state index contributed by atoms with van der Waals surface area (Å²) in [5.41, 5.74) is 5.95. The van der Waals surface area contributed by atoms with Gasteiger partial charge in [0.15, 0.2) is 0 Å². The molecule has 3 unspecified atom stereocenters. The molecule has 0 amide bonds. The summed E-state index contributed by atoms with van der Waals surface area (Å²) in [5.74, 6) is 0.722. The van der Waals surface area contributed by atoms with Crippen LogP contribution in [-0.2, 0) is 4.74 Å². The van der Waals surface area contributed by atoms with Crippen molar-refractivity contribution in [1.29, 1.82) is 0 Å². The van der Waals surface area contributed by atoms with Crippen molar-refractivity contribution in [2.45, 2.75) is 57.6 Å². The molecule has 2 N–H and O–H groups in total. The van der Waals surface area contributed by atoms with Crippen LogP contribution in [0.4, 0.5) is 0 Å². The van der Waals surface area contributed by atoms with Gasteiger partial charge < -0.3 is 10.5 Å². The highest BCUT2D eigenvalue weighted by atomic mass is 16.5. The topological polar surface area (TPSA) is 38.5 Å². The molecule has 1 aliphatic carbocycles. The SMILES string of the molecule is CCC1CN(C2CCCCC2CN)CCCO1. The van der Waals surface area contributed by atoms with Crippen LogP contribution in [0.1, 0.15) is 45.4 Å². The van der Waals surface area contributed by atoms with E-state index in [1.54, 1.807) is 0 Å². The Labute approximate surface area is 106 Å². The van der Waals surface area contributed by atoms with Crippen LogP contribution in [0.25, 0.3) is 0 Å². The lowest BCUT2D eigenvalue weighted by Gasteiger charge is -2.40. The summed E-state index contributed by atoms with van der Waals surface area (Å²) < 4.78 is 5.87. The third-order valence-corrected chi connectivity index (χ3v) is 4.48. The van der Waals surface area contributed by atoms with Crippen LogP contribution in [0, 0.1) is 5.92 Å². The van der Waals surface area contributed by atoms with Crippen molar-refractivity contribution in [1.82, 2.24) is 4.90 Å². The second kappa shape index (κ2) is 6.72. The summed E-state index contributed by atoms with van der Waals surface area (Å²) in [6, 6.07) is 0.726. The van der Waals surface area contributed by atoms with Gasteiger partial charge in [0.05, 0.1) is 6.10 Å². The average molecular weight is 240 g/mol. The maximum atomic E-state index is 5.95. The van der Waals surface area contributed by atoms with Gasteiger partial charge >= 0.3 is 0 Å². The van der Waals surface area contributed by atoms with E-state index in [0.717, 1.165) is 38.1 Å². The molecule has 1 aliphatic heterocycles. The molecule has 2 fully saturated rings. The Morgan fingerprint density at radius 2 is 2.06 bits per heavy atom. The number of nitrogens with two attached hydrogens (primary N) is 1. The van der Waals surface area contributed by atoms with Crippen LogP contribution in [0.15, 0.2) is 0 Å². The molecule has 0 aromatic rings. The van der Waals surface area contributed by atoms with Crippen molar-refractivity contribution in [3.63, 3.8) is 0 Å². The second-order valence-corrected chi connectivity index (χ2v) is 5.60. The molecule has 3 heteroatoms. The number of ether oxygens (including phenoxy) is 1. The lowest BCUT2D eigenvalue weighted by Crippen LogP contribution is -2.47. The van der Waals surface area contributed by atoms with Crippen LogP contribution in [-0.4, -0.2) is 43.3 Å². The Balaban J connectivity index is 1.97. The minimum absolute atomic E-state index is 0.442. The normalized spacial score (nSPS) is 36.7. The van der Waals surface area contributed by atoms with Gasteiger partial charge in [-0.1, -0.05) is 19.8 Å². The molecule has 0 radical (unpaired) electrons. The molecular weight excluding hydrogens is 212 g/mol. The van der Waals surface area contributed by atoms with Crippen LogP contribution in [0.5, 0.6) is 0 Å². The standard InChI is InChI=1S/C14H28N2O/c1-2-13-11-16(8-5-9-17-13)14-7-4-3-6-12(14)10-15/h12-14H,2-11,15H2,1H3. The van der Waals surface area contributed by atoms with Gasteiger partial charge in [-0.15, -0.1) is 0 Å². The van der Waals surface area contributed by atoms with Crippen LogP contribution < -0.4 is 5.73 Å². The molecule has 0 aromatic heterocycles. The molecule has 2 rings (SSSR count). The second-order valence-electron chi connectivity index (χ2n) is 5.60. The lowest BCUT2D eigenvalue weighted by atomic mass is 9.83. The Morgan fingerprint density at radius 1 is 1.24 bits per heavy atom. The van der Waals surface area contributed by atoms with E-state index in [9.17, 15) is 0 Å². The molecule has 2 aliphatic rings. The van der Waals surface area contributed by atoms with Gasteiger partial charge in [0.1, 0.15) is 0 Å². The van der Waals surface area contributed by atoms with Gasteiger partial charge in [0, 0.05) is 25.7 Å². The molecule has 1 saturated carbocycles. The lowest BCUT2D eigenvalue weighted by molar-refractivity contribution is 0.0332. The van der Waals surface area contributed by atoms with E-state index in [1.807, 2.05) is 0 Å². The van der Waals surface area contributed by atoms with Crippen molar-refractivity contribution in [2.75, 3.05) is 26.2 Å². The zero-order chi connectivity index (χ0) is 12.1.